The smallest absolute Gasteiger partial charge is 0.129 e. The molecule has 0 aliphatic heterocycles. The lowest BCUT2D eigenvalue weighted by Crippen LogP contribution is -1.98. The van der Waals surface area contributed by atoms with Crippen molar-refractivity contribution >= 4 is 15.9 Å². The number of rotatable bonds is 5. The van der Waals surface area contributed by atoms with E-state index in [2.05, 4.69) is 27.8 Å². The zero-order valence-corrected chi connectivity index (χ0v) is 12.0. The maximum Gasteiger partial charge on any atom is 0.129 e. The average molecular weight is 306 g/mol. The van der Waals surface area contributed by atoms with Crippen molar-refractivity contribution in [2.24, 2.45) is 0 Å². The molecule has 3 heteroatoms. The minimum Gasteiger partial charge on any atom is -0.493 e. The molecule has 0 saturated carbocycles. The molecule has 0 aliphatic carbocycles. The minimum atomic E-state index is 0.743. The highest BCUT2D eigenvalue weighted by Gasteiger charge is 2.07. The molecule has 1 heterocycles. The van der Waals surface area contributed by atoms with Crippen LogP contribution in [0.3, 0.4) is 0 Å². The third-order valence-electron chi connectivity index (χ3n) is 2.64. The molecule has 2 aromatic rings. The van der Waals surface area contributed by atoms with Crippen LogP contribution in [0, 0.1) is 0 Å². The fourth-order valence-electron chi connectivity index (χ4n) is 1.68. The van der Waals surface area contributed by atoms with Crippen molar-refractivity contribution in [3.63, 3.8) is 0 Å². The Morgan fingerprint density at radius 2 is 2.11 bits per heavy atom. The number of ether oxygens (including phenoxy) is 1. The Morgan fingerprint density at radius 1 is 1.22 bits per heavy atom. The van der Waals surface area contributed by atoms with Crippen LogP contribution in [0.4, 0.5) is 0 Å². The summed E-state index contributed by atoms with van der Waals surface area (Å²) in [5.41, 5.74) is 1.98. The SMILES string of the molecule is CCCCOc1cc(Br)ccc1-c1ccccn1. The zero-order valence-electron chi connectivity index (χ0n) is 10.4. The van der Waals surface area contributed by atoms with Crippen molar-refractivity contribution in [3.8, 4) is 17.0 Å². The molecular formula is C15H16BrNO. The molecule has 2 rings (SSSR count). The first-order valence-corrected chi connectivity index (χ1v) is 6.94. The van der Waals surface area contributed by atoms with Crippen molar-refractivity contribution in [3.05, 3.63) is 47.1 Å². The molecule has 2 nitrogen and oxygen atoms in total. The molecule has 0 spiro atoms. The molecule has 0 unspecified atom stereocenters. The van der Waals surface area contributed by atoms with Crippen LogP contribution in [0.25, 0.3) is 11.3 Å². The monoisotopic (exact) mass is 305 g/mol. The van der Waals surface area contributed by atoms with Gasteiger partial charge in [-0.25, -0.2) is 0 Å². The van der Waals surface area contributed by atoms with Crippen LogP contribution in [-0.2, 0) is 0 Å². The summed E-state index contributed by atoms with van der Waals surface area (Å²) in [6.45, 7) is 2.90. The maximum atomic E-state index is 5.84. The van der Waals surface area contributed by atoms with Crippen LogP contribution in [0.15, 0.2) is 47.1 Å². The predicted molar refractivity (Wildman–Crippen MR) is 77.8 cm³/mol. The number of pyridine rings is 1. The van der Waals surface area contributed by atoms with Gasteiger partial charge in [0.15, 0.2) is 0 Å². The summed E-state index contributed by atoms with van der Waals surface area (Å²) in [6, 6.07) is 11.9. The van der Waals surface area contributed by atoms with E-state index in [0.717, 1.165) is 40.9 Å². The van der Waals surface area contributed by atoms with Gasteiger partial charge in [-0.3, -0.25) is 4.98 Å². The van der Waals surface area contributed by atoms with Gasteiger partial charge in [0.2, 0.25) is 0 Å². The maximum absolute atomic E-state index is 5.84. The number of halogens is 1. The van der Waals surface area contributed by atoms with Gasteiger partial charge in [0.05, 0.1) is 12.3 Å². The molecule has 1 aromatic heterocycles. The number of nitrogens with zero attached hydrogens (tertiary/aromatic N) is 1. The van der Waals surface area contributed by atoms with Crippen molar-refractivity contribution < 1.29 is 4.74 Å². The fourth-order valence-corrected chi connectivity index (χ4v) is 2.02. The molecule has 0 bridgehead atoms. The lowest BCUT2D eigenvalue weighted by Gasteiger charge is -2.11. The van der Waals surface area contributed by atoms with Crippen LogP contribution >= 0.6 is 15.9 Å². The second kappa shape index (κ2) is 6.55. The van der Waals surface area contributed by atoms with Gasteiger partial charge in [-0.15, -0.1) is 0 Å². The van der Waals surface area contributed by atoms with Crippen LogP contribution in [0.2, 0.25) is 0 Å². The molecule has 0 aliphatic rings. The fraction of sp³-hybridized carbons (Fsp3) is 0.267. The Kier molecular flexibility index (Phi) is 4.76. The van der Waals surface area contributed by atoms with E-state index >= 15 is 0 Å². The Labute approximate surface area is 116 Å². The number of hydrogen-bond acceptors (Lipinski definition) is 2. The van der Waals surface area contributed by atoms with Gasteiger partial charge in [-0.2, -0.15) is 0 Å². The Morgan fingerprint density at radius 3 is 2.83 bits per heavy atom. The van der Waals surface area contributed by atoms with Gasteiger partial charge in [0.1, 0.15) is 5.75 Å². The molecule has 1 aromatic carbocycles. The standard InChI is InChI=1S/C15H16BrNO/c1-2-3-10-18-15-11-12(16)7-8-13(15)14-6-4-5-9-17-14/h4-9,11H,2-3,10H2,1H3. The van der Waals surface area contributed by atoms with E-state index in [9.17, 15) is 0 Å². The second-order valence-corrected chi connectivity index (χ2v) is 4.97. The topological polar surface area (TPSA) is 22.1 Å². The zero-order chi connectivity index (χ0) is 12.8. The number of unbranched alkanes of at least 4 members (excludes halogenated alkanes) is 1. The van der Waals surface area contributed by atoms with E-state index in [1.165, 1.54) is 0 Å². The molecule has 0 fully saturated rings. The predicted octanol–water partition coefficient (Wildman–Crippen LogP) is 4.69. The average Bonchev–Trinajstić information content (AvgIpc) is 2.40. The Bertz CT molecular complexity index is 499. The highest BCUT2D eigenvalue weighted by molar-refractivity contribution is 9.10. The Hall–Kier alpha value is -1.35. The van der Waals surface area contributed by atoms with E-state index in [4.69, 9.17) is 4.74 Å². The van der Waals surface area contributed by atoms with E-state index in [0.29, 0.717) is 0 Å². The normalized spacial score (nSPS) is 10.3. The van der Waals surface area contributed by atoms with Crippen LogP contribution in [0.5, 0.6) is 5.75 Å². The summed E-state index contributed by atoms with van der Waals surface area (Å²) >= 11 is 3.48. The summed E-state index contributed by atoms with van der Waals surface area (Å²) in [6.07, 6.45) is 3.99. The molecule has 0 amide bonds. The third-order valence-corrected chi connectivity index (χ3v) is 3.13. The highest BCUT2D eigenvalue weighted by Crippen LogP contribution is 2.31. The first-order chi connectivity index (χ1) is 8.81. The summed E-state index contributed by atoms with van der Waals surface area (Å²) in [7, 11) is 0. The quantitative estimate of drug-likeness (QED) is 0.748. The number of hydrogen-bond donors (Lipinski definition) is 0. The van der Waals surface area contributed by atoms with Crippen LogP contribution in [-0.4, -0.2) is 11.6 Å². The van der Waals surface area contributed by atoms with Crippen molar-refractivity contribution in [2.75, 3.05) is 6.61 Å². The molecular weight excluding hydrogens is 290 g/mol. The molecule has 0 saturated heterocycles. The number of benzene rings is 1. The lowest BCUT2D eigenvalue weighted by atomic mass is 10.1. The van der Waals surface area contributed by atoms with Gasteiger partial charge in [-0.1, -0.05) is 35.3 Å². The molecule has 0 N–H and O–H groups in total. The van der Waals surface area contributed by atoms with Gasteiger partial charge in [0, 0.05) is 16.2 Å². The molecule has 94 valence electrons. The molecule has 0 radical (unpaired) electrons. The van der Waals surface area contributed by atoms with Gasteiger partial charge < -0.3 is 4.74 Å². The third kappa shape index (κ3) is 3.33. The van der Waals surface area contributed by atoms with Gasteiger partial charge >= 0.3 is 0 Å². The van der Waals surface area contributed by atoms with E-state index < -0.39 is 0 Å². The van der Waals surface area contributed by atoms with E-state index in [1.807, 2.05) is 36.4 Å². The lowest BCUT2D eigenvalue weighted by molar-refractivity contribution is 0.310. The molecule has 0 atom stereocenters. The molecule has 18 heavy (non-hydrogen) atoms. The first-order valence-electron chi connectivity index (χ1n) is 6.15. The summed E-state index contributed by atoms with van der Waals surface area (Å²) in [5.74, 6) is 0.886. The minimum absolute atomic E-state index is 0.743. The Balaban J connectivity index is 2.29. The van der Waals surface area contributed by atoms with Gasteiger partial charge in [-0.05, 0) is 36.8 Å². The second-order valence-electron chi connectivity index (χ2n) is 4.06. The van der Waals surface area contributed by atoms with Crippen LogP contribution in [0.1, 0.15) is 19.8 Å². The van der Waals surface area contributed by atoms with Crippen molar-refractivity contribution in [1.82, 2.24) is 4.98 Å². The van der Waals surface area contributed by atoms with Crippen LogP contribution < -0.4 is 4.74 Å². The summed E-state index contributed by atoms with van der Waals surface area (Å²) < 4.78 is 6.86. The first kappa shape index (κ1) is 13.1. The van der Waals surface area contributed by atoms with Crippen molar-refractivity contribution in [2.45, 2.75) is 19.8 Å². The highest BCUT2D eigenvalue weighted by atomic mass is 79.9. The summed E-state index contributed by atoms with van der Waals surface area (Å²) in [4.78, 5) is 4.37. The summed E-state index contributed by atoms with van der Waals surface area (Å²) in [5, 5.41) is 0. The van der Waals surface area contributed by atoms with Gasteiger partial charge in [0.25, 0.3) is 0 Å². The number of aromatic nitrogens is 1. The van der Waals surface area contributed by atoms with E-state index in [1.54, 1.807) is 6.20 Å². The largest absolute Gasteiger partial charge is 0.493 e. The van der Waals surface area contributed by atoms with Crippen molar-refractivity contribution in [1.29, 1.82) is 0 Å². The van der Waals surface area contributed by atoms with E-state index in [-0.39, 0.29) is 0 Å².